The Bertz CT molecular complexity index is 548. The number of hydrogen-bond donors (Lipinski definition) is 2. The lowest BCUT2D eigenvalue weighted by Crippen LogP contribution is -2.43. The minimum Gasteiger partial charge on any atom is -0.396 e. The van der Waals surface area contributed by atoms with Gasteiger partial charge in [0.1, 0.15) is 5.82 Å². The number of piperidine rings is 1. The lowest BCUT2D eigenvalue weighted by atomic mass is 9.99. The summed E-state index contributed by atoms with van der Waals surface area (Å²) >= 11 is 0. The van der Waals surface area contributed by atoms with Crippen molar-refractivity contribution in [2.24, 2.45) is 5.92 Å². The normalized spacial score (nSPS) is 19.1. The fraction of sp³-hybridized carbons (Fsp3) is 0.500. The summed E-state index contributed by atoms with van der Waals surface area (Å²) in [6, 6.07) is 1.30. The van der Waals surface area contributed by atoms with Crippen LogP contribution in [0.5, 0.6) is 0 Å². The number of amides is 2. The van der Waals surface area contributed by atoms with E-state index in [2.05, 4.69) is 5.32 Å². The summed E-state index contributed by atoms with van der Waals surface area (Å²) in [4.78, 5) is 13.4. The van der Waals surface area contributed by atoms with Crippen LogP contribution < -0.4 is 5.32 Å². The van der Waals surface area contributed by atoms with Crippen molar-refractivity contribution in [1.82, 2.24) is 4.90 Å². The average Bonchev–Trinajstić information content (AvgIpc) is 2.45. The Morgan fingerprint density at radius 1 is 1.36 bits per heavy atom. The molecule has 1 aromatic rings. The predicted molar refractivity (Wildman–Crippen MR) is 71.8 cm³/mol. The summed E-state index contributed by atoms with van der Waals surface area (Å²) < 4.78 is 51.1. The van der Waals surface area contributed by atoms with Gasteiger partial charge in [0.25, 0.3) is 0 Å². The molecule has 1 aromatic carbocycles. The molecule has 1 fully saturated rings. The van der Waals surface area contributed by atoms with Gasteiger partial charge >= 0.3 is 12.2 Å². The second kappa shape index (κ2) is 6.51. The first kappa shape index (κ1) is 16.5. The van der Waals surface area contributed by atoms with E-state index in [1.807, 2.05) is 0 Å². The monoisotopic (exact) mass is 320 g/mol. The van der Waals surface area contributed by atoms with Crippen molar-refractivity contribution in [3.05, 3.63) is 29.6 Å². The van der Waals surface area contributed by atoms with Crippen molar-refractivity contribution >= 4 is 11.7 Å². The number of benzene rings is 1. The van der Waals surface area contributed by atoms with Gasteiger partial charge in [0.2, 0.25) is 0 Å². The highest BCUT2D eigenvalue weighted by atomic mass is 19.4. The van der Waals surface area contributed by atoms with Crippen molar-refractivity contribution in [2.75, 3.05) is 25.0 Å². The molecule has 1 heterocycles. The van der Waals surface area contributed by atoms with Crippen LogP contribution in [0.25, 0.3) is 0 Å². The van der Waals surface area contributed by atoms with Crippen molar-refractivity contribution in [3.8, 4) is 0 Å². The summed E-state index contributed by atoms with van der Waals surface area (Å²) in [6.07, 6.45) is -3.19. The number of anilines is 1. The Morgan fingerprint density at radius 2 is 2.09 bits per heavy atom. The topological polar surface area (TPSA) is 52.6 Å². The summed E-state index contributed by atoms with van der Waals surface area (Å²) in [5.41, 5.74) is -1.40. The van der Waals surface area contributed by atoms with Crippen LogP contribution in [-0.2, 0) is 6.18 Å². The van der Waals surface area contributed by atoms with Gasteiger partial charge in [-0.2, -0.15) is 13.2 Å². The van der Waals surface area contributed by atoms with Crippen LogP contribution in [0.15, 0.2) is 18.2 Å². The highest BCUT2D eigenvalue weighted by Gasteiger charge is 2.32. The second-order valence-electron chi connectivity index (χ2n) is 5.29. The van der Waals surface area contributed by atoms with Gasteiger partial charge < -0.3 is 15.3 Å². The maximum Gasteiger partial charge on any atom is 0.416 e. The molecule has 2 amide bonds. The van der Waals surface area contributed by atoms with Gasteiger partial charge in [-0.15, -0.1) is 0 Å². The Kier molecular flexibility index (Phi) is 4.90. The van der Waals surface area contributed by atoms with Gasteiger partial charge in [0.15, 0.2) is 0 Å². The van der Waals surface area contributed by atoms with E-state index < -0.39 is 23.6 Å². The van der Waals surface area contributed by atoms with E-state index in [1.165, 1.54) is 4.90 Å². The van der Waals surface area contributed by atoms with Crippen molar-refractivity contribution in [1.29, 1.82) is 0 Å². The van der Waals surface area contributed by atoms with Crippen LogP contribution in [0.4, 0.5) is 28.0 Å². The van der Waals surface area contributed by atoms with Gasteiger partial charge in [-0.05, 0) is 37.0 Å². The van der Waals surface area contributed by atoms with Gasteiger partial charge in [0, 0.05) is 25.4 Å². The number of halogens is 4. The number of hydrogen-bond acceptors (Lipinski definition) is 2. The maximum atomic E-state index is 13.3. The Balaban J connectivity index is 2.10. The molecule has 0 bridgehead atoms. The molecule has 0 saturated carbocycles. The zero-order valence-corrected chi connectivity index (χ0v) is 11.7. The first-order valence-electron chi connectivity index (χ1n) is 6.84. The Hall–Kier alpha value is -1.83. The van der Waals surface area contributed by atoms with E-state index >= 15 is 0 Å². The molecule has 1 atom stereocenters. The van der Waals surface area contributed by atoms with E-state index in [-0.39, 0.29) is 18.2 Å². The number of aliphatic hydroxyl groups excluding tert-OH is 1. The number of rotatable bonds is 2. The Labute approximate surface area is 124 Å². The molecule has 0 aromatic heterocycles. The van der Waals surface area contributed by atoms with E-state index in [4.69, 9.17) is 5.11 Å². The molecule has 0 radical (unpaired) electrons. The number of alkyl halides is 3. The number of likely N-dealkylation sites (tertiary alicyclic amines) is 1. The van der Waals surface area contributed by atoms with Gasteiger partial charge in [-0.25, -0.2) is 9.18 Å². The molecule has 0 unspecified atom stereocenters. The third kappa shape index (κ3) is 4.09. The molecular weight excluding hydrogens is 304 g/mol. The summed E-state index contributed by atoms with van der Waals surface area (Å²) in [5, 5.41) is 11.4. The van der Waals surface area contributed by atoms with Crippen molar-refractivity contribution < 1.29 is 27.5 Å². The third-order valence-corrected chi connectivity index (χ3v) is 3.54. The molecule has 1 aliphatic heterocycles. The van der Waals surface area contributed by atoms with Crippen LogP contribution in [0, 0.1) is 11.7 Å². The van der Waals surface area contributed by atoms with Crippen LogP contribution in [0.1, 0.15) is 18.4 Å². The standard InChI is InChI=1S/C14H16F4N2O2/c15-11-4-10(14(16,17)18)5-12(6-11)19-13(22)20-3-1-2-9(7-20)8-21/h4-6,9,21H,1-3,7-8H2,(H,19,22)/t9-/m1/s1. The van der Waals surface area contributed by atoms with Crippen LogP contribution in [0.3, 0.4) is 0 Å². The lowest BCUT2D eigenvalue weighted by molar-refractivity contribution is -0.137. The second-order valence-corrected chi connectivity index (χ2v) is 5.29. The lowest BCUT2D eigenvalue weighted by Gasteiger charge is -2.31. The molecule has 1 aliphatic rings. The number of aliphatic hydroxyl groups is 1. The number of carbonyl (C=O) groups is 1. The van der Waals surface area contributed by atoms with E-state index in [0.717, 1.165) is 12.5 Å². The van der Waals surface area contributed by atoms with E-state index in [1.54, 1.807) is 0 Å². The SMILES string of the molecule is O=C(Nc1cc(F)cc(C(F)(F)F)c1)N1CCC[C@@H](CO)C1. The molecular formula is C14H16F4N2O2. The number of carbonyl (C=O) groups excluding carboxylic acids is 1. The first-order valence-corrected chi connectivity index (χ1v) is 6.84. The summed E-state index contributed by atoms with van der Waals surface area (Å²) in [5.74, 6) is -1.12. The molecule has 1 saturated heterocycles. The van der Waals surface area contributed by atoms with Crippen LogP contribution in [0.2, 0.25) is 0 Å². The molecule has 0 spiro atoms. The third-order valence-electron chi connectivity index (χ3n) is 3.54. The molecule has 8 heteroatoms. The predicted octanol–water partition coefficient (Wildman–Crippen LogP) is 3.08. The zero-order chi connectivity index (χ0) is 16.3. The Morgan fingerprint density at radius 3 is 2.73 bits per heavy atom. The molecule has 122 valence electrons. The van der Waals surface area contributed by atoms with E-state index in [0.29, 0.717) is 31.6 Å². The van der Waals surface area contributed by atoms with Crippen LogP contribution >= 0.6 is 0 Å². The first-order chi connectivity index (χ1) is 10.3. The highest BCUT2D eigenvalue weighted by molar-refractivity contribution is 5.89. The number of nitrogens with zero attached hydrogens (tertiary/aromatic N) is 1. The quantitative estimate of drug-likeness (QED) is 0.823. The minimum atomic E-state index is -4.69. The fourth-order valence-electron chi connectivity index (χ4n) is 2.43. The largest absolute Gasteiger partial charge is 0.416 e. The van der Waals surface area contributed by atoms with Gasteiger partial charge in [0.05, 0.1) is 5.56 Å². The van der Waals surface area contributed by atoms with Crippen LogP contribution in [-0.4, -0.2) is 35.7 Å². The van der Waals surface area contributed by atoms with Crippen molar-refractivity contribution in [2.45, 2.75) is 19.0 Å². The summed E-state index contributed by atoms with van der Waals surface area (Å²) in [6.45, 7) is 0.718. The molecule has 0 aliphatic carbocycles. The molecule has 2 rings (SSSR count). The highest BCUT2D eigenvalue weighted by Crippen LogP contribution is 2.31. The number of nitrogens with one attached hydrogen (secondary N) is 1. The minimum absolute atomic E-state index is 0.0438. The molecule has 22 heavy (non-hydrogen) atoms. The average molecular weight is 320 g/mol. The number of urea groups is 1. The van der Waals surface area contributed by atoms with E-state index in [9.17, 15) is 22.4 Å². The van der Waals surface area contributed by atoms with Crippen molar-refractivity contribution in [3.63, 3.8) is 0 Å². The molecule has 2 N–H and O–H groups in total. The fourth-order valence-corrected chi connectivity index (χ4v) is 2.43. The van der Waals surface area contributed by atoms with Gasteiger partial charge in [-0.3, -0.25) is 0 Å². The smallest absolute Gasteiger partial charge is 0.396 e. The van der Waals surface area contributed by atoms with Gasteiger partial charge in [-0.1, -0.05) is 0 Å². The molecule has 4 nitrogen and oxygen atoms in total. The maximum absolute atomic E-state index is 13.3. The zero-order valence-electron chi connectivity index (χ0n) is 11.7. The summed E-state index contributed by atoms with van der Waals surface area (Å²) in [7, 11) is 0.